The molecule has 0 aromatic heterocycles. The zero-order valence-corrected chi connectivity index (χ0v) is 10.3. The highest BCUT2D eigenvalue weighted by Gasteiger charge is 2.31. The van der Waals surface area contributed by atoms with Gasteiger partial charge in [0, 0.05) is 12.2 Å². The van der Waals surface area contributed by atoms with Crippen molar-refractivity contribution >= 4 is 11.6 Å². The Morgan fingerprint density at radius 3 is 2.37 bits per heavy atom. The highest BCUT2D eigenvalue weighted by molar-refractivity contribution is 6.31. The Morgan fingerprint density at radius 2 is 1.89 bits per heavy atom. The number of halogens is 4. The molecule has 0 radical (unpaired) electrons. The first-order valence-electron chi connectivity index (χ1n) is 5.27. The van der Waals surface area contributed by atoms with Crippen LogP contribution in [0.15, 0.2) is 18.2 Å². The van der Waals surface area contributed by atoms with E-state index in [2.05, 4.69) is 4.74 Å². The molecule has 0 amide bonds. The van der Waals surface area contributed by atoms with Crippen molar-refractivity contribution < 1.29 is 33.2 Å². The minimum atomic E-state index is -4.83. The SMILES string of the molecule is OCCC(O)C(O)c1ccc(OC(F)(F)F)cc1Cl. The first kappa shape index (κ1) is 16.0. The van der Waals surface area contributed by atoms with Gasteiger partial charge in [0.05, 0.1) is 11.1 Å². The smallest absolute Gasteiger partial charge is 0.406 e. The summed E-state index contributed by atoms with van der Waals surface area (Å²) in [5, 5.41) is 27.6. The van der Waals surface area contributed by atoms with E-state index in [0.29, 0.717) is 0 Å². The molecule has 1 aromatic carbocycles. The van der Waals surface area contributed by atoms with E-state index >= 15 is 0 Å². The minimum absolute atomic E-state index is 0.0529. The second-order valence-electron chi connectivity index (χ2n) is 3.76. The Labute approximate surface area is 112 Å². The van der Waals surface area contributed by atoms with Crippen molar-refractivity contribution in [2.45, 2.75) is 25.0 Å². The lowest BCUT2D eigenvalue weighted by molar-refractivity contribution is -0.274. The van der Waals surface area contributed by atoms with Crippen molar-refractivity contribution in [2.24, 2.45) is 0 Å². The van der Waals surface area contributed by atoms with Gasteiger partial charge in [0.1, 0.15) is 11.9 Å². The second-order valence-corrected chi connectivity index (χ2v) is 4.16. The van der Waals surface area contributed by atoms with Crippen LogP contribution >= 0.6 is 11.6 Å². The van der Waals surface area contributed by atoms with Crippen LogP contribution in [0.1, 0.15) is 18.1 Å². The standard InChI is InChI=1S/C11H12ClF3O4/c12-8-5-6(19-11(13,14)15)1-2-7(8)10(18)9(17)3-4-16/h1-2,5,9-10,16-18H,3-4H2. The van der Waals surface area contributed by atoms with E-state index in [4.69, 9.17) is 16.7 Å². The average molecular weight is 301 g/mol. The summed E-state index contributed by atoms with van der Waals surface area (Å²) < 4.78 is 39.6. The summed E-state index contributed by atoms with van der Waals surface area (Å²) >= 11 is 5.72. The van der Waals surface area contributed by atoms with Crippen LogP contribution in [0.2, 0.25) is 5.02 Å². The summed E-state index contributed by atoms with van der Waals surface area (Å²) in [6.07, 6.45) is -7.59. The fourth-order valence-corrected chi connectivity index (χ4v) is 1.72. The van der Waals surface area contributed by atoms with Gasteiger partial charge in [-0.1, -0.05) is 17.7 Å². The first-order valence-corrected chi connectivity index (χ1v) is 5.64. The van der Waals surface area contributed by atoms with E-state index in [1.807, 2.05) is 0 Å². The molecule has 0 saturated carbocycles. The van der Waals surface area contributed by atoms with Crippen LogP contribution in [0.25, 0.3) is 0 Å². The van der Waals surface area contributed by atoms with Crippen molar-refractivity contribution in [1.82, 2.24) is 0 Å². The van der Waals surface area contributed by atoms with Crippen molar-refractivity contribution in [3.63, 3.8) is 0 Å². The van der Waals surface area contributed by atoms with E-state index < -0.39 is 24.3 Å². The van der Waals surface area contributed by atoms with Gasteiger partial charge in [0.15, 0.2) is 0 Å². The molecular weight excluding hydrogens is 289 g/mol. The number of alkyl halides is 3. The van der Waals surface area contributed by atoms with Gasteiger partial charge in [-0.3, -0.25) is 0 Å². The van der Waals surface area contributed by atoms with Gasteiger partial charge in [0.2, 0.25) is 0 Å². The van der Waals surface area contributed by atoms with Crippen LogP contribution in [0.3, 0.4) is 0 Å². The molecule has 2 atom stereocenters. The summed E-state index contributed by atoms with van der Waals surface area (Å²) in [4.78, 5) is 0. The third-order valence-electron chi connectivity index (χ3n) is 2.31. The Balaban J connectivity index is 2.88. The molecule has 19 heavy (non-hydrogen) atoms. The molecule has 0 aliphatic rings. The minimum Gasteiger partial charge on any atom is -0.406 e. The number of benzene rings is 1. The molecule has 0 fully saturated rings. The van der Waals surface area contributed by atoms with Gasteiger partial charge in [-0.15, -0.1) is 13.2 Å². The maximum Gasteiger partial charge on any atom is 0.573 e. The number of ether oxygens (including phenoxy) is 1. The molecule has 0 aliphatic heterocycles. The molecule has 8 heteroatoms. The summed E-state index contributed by atoms with van der Waals surface area (Å²) in [7, 11) is 0. The summed E-state index contributed by atoms with van der Waals surface area (Å²) in [5.74, 6) is -0.523. The summed E-state index contributed by atoms with van der Waals surface area (Å²) in [6, 6.07) is 2.98. The Morgan fingerprint density at radius 1 is 1.26 bits per heavy atom. The summed E-state index contributed by atoms with van der Waals surface area (Å²) in [6.45, 7) is -0.342. The molecule has 2 unspecified atom stereocenters. The Hall–Kier alpha value is -1.02. The highest BCUT2D eigenvalue weighted by Crippen LogP contribution is 2.32. The van der Waals surface area contributed by atoms with E-state index in [0.717, 1.165) is 18.2 Å². The molecular formula is C11H12ClF3O4. The lowest BCUT2D eigenvalue weighted by Crippen LogP contribution is -2.20. The fourth-order valence-electron chi connectivity index (χ4n) is 1.44. The molecule has 1 rings (SSSR count). The lowest BCUT2D eigenvalue weighted by Gasteiger charge is -2.19. The quantitative estimate of drug-likeness (QED) is 0.778. The van der Waals surface area contributed by atoms with Crippen LogP contribution in [0.5, 0.6) is 5.75 Å². The Bertz CT molecular complexity index is 425. The van der Waals surface area contributed by atoms with Crippen LogP contribution < -0.4 is 4.74 Å². The van der Waals surface area contributed by atoms with E-state index in [9.17, 15) is 23.4 Å². The van der Waals surface area contributed by atoms with Crippen LogP contribution in [-0.2, 0) is 0 Å². The molecule has 1 aromatic rings. The normalized spacial score (nSPS) is 15.1. The topological polar surface area (TPSA) is 69.9 Å². The predicted molar refractivity (Wildman–Crippen MR) is 60.8 cm³/mol. The maximum absolute atomic E-state index is 12.0. The monoisotopic (exact) mass is 300 g/mol. The number of hydrogen-bond acceptors (Lipinski definition) is 4. The van der Waals surface area contributed by atoms with Crippen molar-refractivity contribution in [2.75, 3.05) is 6.61 Å². The molecule has 0 saturated heterocycles. The van der Waals surface area contributed by atoms with E-state index in [-0.39, 0.29) is 23.6 Å². The molecule has 0 spiro atoms. The predicted octanol–water partition coefficient (Wildman–Crippen LogP) is 2.02. The molecule has 0 bridgehead atoms. The highest BCUT2D eigenvalue weighted by atomic mass is 35.5. The summed E-state index contributed by atoms with van der Waals surface area (Å²) in [5.41, 5.74) is 0.0529. The van der Waals surface area contributed by atoms with E-state index in [1.54, 1.807) is 0 Å². The van der Waals surface area contributed by atoms with Gasteiger partial charge in [-0.2, -0.15) is 0 Å². The molecule has 108 valence electrons. The van der Waals surface area contributed by atoms with Crippen molar-refractivity contribution in [1.29, 1.82) is 0 Å². The van der Waals surface area contributed by atoms with Gasteiger partial charge in [0.25, 0.3) is 0 Å². The van der Waals surface area contributed by atoms with Crippen LogP contribution in [-0.4, -0.2) is 34.4 Å². The molecule has 3 N–H and O–H groups in total. The van der Waals surface area contributed by atoms with Gasteiger partial charge >= 0.3 is 6.36 Å². The molecule has 0 heterocycles. The lowest BCUT2D eigenvalue weighted by atomic mass is 10.0. The molecule has 0 aliphatic carbocycles. The van der Waals surface area contributed by atoms with Crippen molar-refractivity contribution in [3.8, 4) is 5.75 Å². The number of aliphatic hydroxyl groups is 3. The zero-order valence-electron chi connectivity index (χ0n) is 9.56. The Kier molecular flexibility index (Phi) is 5.42. The van der Waals surface area contributed by atoms with Crippen LogP contribution in [0.4, 0.5) is 13.2 Å². The van der Waals surface area contributed by atoms with Gasteiger partial charge < -0.3 is 20.1 Å². The van der Waals surface area contributed by atoms with Crippen LogP contribution in [0, 0.1) is 0 Å². The third-order valence-corrected chi connectivity index (χ3v) is 2.64. The number of aliphatic hydroxyl groups excluding tert-OH is 3. The van der Waals surface area contributed by atoms with Gasteiger partial charge in [-0.05, 0) is 18.6 Å². The molecule has 4 nitrogen and oxygen atoms in total. The second kappa shape index (κ2) is 6.42. The number of hydrogen-bond donors (Lipinski definition) is 3. The maximum atomic E-state index is 12.0. The van der Waals surface area contributed by atoms with Crippen molar-refractivity contribution in [3.05, 3.63) is 28.8 Å². The number of rotatable bonds is 5. The third kappa shape index (κ3) is 4.87. The largest absolute Gasteiger partial charge is 0.573 e. The van der Waals surface area contributed by atoms with Gasteiger partial charge in [-0.25, -0.2) is 0 Å². The zero-order chi connectivity index (χ0) is 14.6. The fraction of sp³-hybridized carbons (Fsp3) is 0.455. The first-order chi connectivity index (χ1) is 8.74. The average Bonchev–Trinajstić information content (AvgIpc) is 2.26. The van der Waals surface area contributed by atoms with E-state index in [1.165, 1.54) is 0 Å².